The molecule has 0 N–H and O–H groups in total. The number of halogens is 1. The van der Waals surface area contributed by atoms with E-state index in [1.165, 1.54) is 29.0 Å². The lowest BCUT2D eigenvalue weighted by Crippen LogP contribution is -2.51. The Labute approximate surface area is 186 Å². The third kappa shape index (κ3) is 5.14. The van der Waals surface area contributed by atoms with Crippen LogP contribution in [0.3, 0.4) is 0 Å². The van der Waals surface area contributed by atoms with Crippen LogP contribution in [0.25, 0.3) is 0 Å². The van der Waals surface area contributed by atoms with E-state index in [1.54, 1.807) is 18.2 Å². The molecule has 2 heterocycles. The van der Waals surface area contributed by atoms with E-state index in [-0.39, 0.29) is 11.3 Å². The number of rotatable bonds is 5. The lowest BCUT2D eigenvalue weighted by molar-refractivity contribution is 0.0994. The third-order valence-corrected chi connectivity index (χ3v) is 7.81. The molecule has 0 bridgehead atoms. The zero-order valence-electron chi connectivity index (χ0n) is 17.7. The molecule has 1 amide bonds. The van der Waals surface area contributed by atoms with Crippen LogP contribution in [0.1, 0.15) is 36.0 Å². The summed E-state index contributed by atoms with van der Waals surface area (Å²) in [6.07, 6.45) is 3.23. The maximum atomic E-state index is 12.9. The zero-order chi connectivity index (χ0) is 22.3. The minimum Gasteiger partial charge on any atom is -0.496 e. The van der Waals surface area contributed by atoms with Gasteiger partial charge in [0.25, 0.3) is 5.91 Å². The maximum Gasteiger partial charge on any atom is 0.283 e. The fraction of sp³-hybridized carbons (Fsp3) is 0.500. The van der Waals surface area contributed by atoms with Crippen LogP contribution in [0.5, 0.6) is 5.75 Å². The molecule has 1 aromatic heterocycles. The van der Waals surface area contributed by atoms with Gasteiger partial charge in [0.1, 0.15) is 5.75 Å². The molecule has 0 saturated carbocycles. The molecular weight excluding hydrogens is 446 g/mol. The molecule has 1 aliphatic rings. The molecule has 1 aromatic carbocycles. The number of hydrogen-bond donors (Lipinski definition) is 0. The van der Waals surface area contributed by atoms with Gasteiger partial charge < -0.3 is 9.30 Å². The maximum absolute atomic E-state index is 12.9. The molecule has 164 valence electrons. The summed E-state index contributed by atoms with van der Waals surface area (Å²) in [6.45, 7) is 7.85. The molecule has 0 aliphatic carbocycles. The first-order valence-corrected chi connectivity index (χ1v) is 12.5. The van der Waals surface area contributed by atoms with Crippen LogP contribution in [-0.2, 0) is 22.0 Å². The summed E-state index contributed by atoms with van der Waals surface area (Å²) in [4.78, 5) is 18.9. The Bertz CT molecular complexity index is 1120. The number of thiazole rings is 1. The first-order chi connectivity index (χ1) is 13.9. The van der Waals surface area contributed by atoms with Crippen molar-refractivity contribution in [3.63, 3.8) is 0 Å². The lowest BCUT2D eigenvalue weighted by Gasteiger charge is -2.37. The van der Waals surface area contributed by atoms with Crippen molar-refractivity contribution >= 4 is 38.9 Å². The van der Waals surface area contributed by atoms with E-state index in [9.17, 15) is 13.2 Å². The Morgan fingerprint density at radius 1 is 1.33 bits per heavy atom. The highest BCUT2D eigenvalue weighted by molar-refractivity contribution is 7.88. The fourth-order valence-corrected chi connectivity index (χ4v) is 5.32. The normalized spacial score (nSPS) is 16.5. The van der Waals surface area contributed by atoms with E-state index in [0.717, 1.165) is 4.88 Å². The molecule has 0 spiro atoms. The molecule has 0 radical (unpaired) electrons. The molecule has 1 aliphatic heterocycles. The average molecular weight is 472 g/mol. The molecule has 0 atom stereocenters. The Kier molecular flexibility index (Phi) is 6.48. The van der Waals surface area contributed by atoms with Gasteiger partial charge in [0.2, 0.25) is 10.0 Å². The Hall–Kier alpha value is -1.68. The predicted molar refractivity (Wildman–Crippen MR) is 119 cm³/mol. The van der Waals surface area contributed by atoms with Gasteiger partial charge in [-0.05, 0) is 23.6 Å². The van der Waals surface area contributed by atoms with E-state index in [4.69, 9.17) is 16.3 Å². The number of amides is 1. The predicted octanol–water partition coefficient (Wildman–Crippen LogP) is 3.14. The minimum absolute atomic E-state index is 0.102. The smallest absolute Gasteiger partial charge is 0.283 e. The Morgan fingerprint density at radius 3 is 2.57 bits per heavy atom. The molecule has 1 saturated heterocycles. The number of carbonyl (C=O) groups excluding carboxylic acids is 1. The molecule has 3 rings (SSSR count). The summed E-state index contributed by atoms with van der Waals surface area (Å²) in [7, 11) is -1.67. The van der Waals surface area contributed by atoms with Crippen LogP contribution < -0.4 is 9.54 Å². The van der Waals surface area contributed by atoms with Crippen LogP contribution in [0.2, 0.25) is 5.02 Å². The number of hydrogen-bond acceptors (Lipinski definition) is 5. The van der Waals surface area contributed by atoms with Crippen molar-refractivity contribution in [1.29, 1.82) is 0 Å². The number of methoxy groups -OCH3 is 1. The van der Waals surface area contributed by atoms with Gasteiger partial charge in [0.15, 0.2) is 4.80 Å². The average Bonchev–Trinajstić information content (AvgIpc) is 2.99. The SMILES string of the molecule is COc1ccc(Cl)cc1C(=O)N=c1sc(C(C)(C)C)cn1CC1CN(S(C)(=O)=O)C1. The molecular formula is C20H26ClN3O4S2. The first-order valence-electron chi connectivity index (χ1n) is 9.47. The van der Waals surface area contributed by atoms with Crippen LogP contribution in [0.4, 0.5) is 0 Å². The minimum atomic E-state index is -3.16. The van der Waals surface area contributed by atoms with E-state index in [2.05, 4.69) is 25.8 Å². The molecule has 0 unspecified atom stereocenters. The summed E-state index contributed by atoms with van der Waals surface area (Å²) >= 11 is 7.52. The van der Waals surface area contributed by atoms with Crippen LogP contribution in [0, 0.1) is 5.92 Å². The monoisotopic (exact) mass is 471 g/mol. The van der Waals surface area contributed by atoms with E-state index in [0.29, 0.717) is 40.8 Å². The van der Waals surface area contributed by atoms with Crippen molar-refractivity contribution in [2.24, 2.45) is 10.9 Å². The Balaban J connectivity index is 1.94. The van der Waals surface area contributed by atoms with Gasteiger partial charge in [-0.25, -0.2) is 12.7 Å². The van der Waals surface area contributed by atoms with Gasteiger partial charge >= 0.3 is 0 Å². The number of benzene rings is 1. The van der Waals surface area contributed by atoms with Gasteiger partial charge in [0, 0.05) is 41.6 Å². The number of sulfonamides is 1. The lowest BCUT2D eigenvalue weighted by atomic mass is 9.95. The second-order valence-electron chi connectivity index (χ2n) is 8.49. The number of ether oxygens (including phenoxy) is 1. The van der Waals surface area contributed by atoms with Gasteiger partial charge in [-0.2, -0.15) is 4.99 Å². The molecule has 1 fully saturated rings. The molecule has 7 nitrogen and oxygen atoms in total. The molecule has 2 aromatic rings. The highest BCUT2D eigenvalue weighted by atomic mass is 35.5. The second-order valence-corrected chi connectivity index (χ2v) is 11.9. The van der Waals surface area contributed by atoms with Crippen molar-refractivity contribution in [3.8, 4) is 5.75 Å². The number of carbonyl (C=O) groups is 1. The van der Waals surface area contributed by atoms with Crippen molar-refractivity contribution in [1.82, 2.24) is 8.87 Å². The summed E-state index contributed by atoms with van der Waals surface area (Å²) in [5.74, 6) is 0.156. The summed E-state index contributed by atoms with van der Waals surface area (Å²) in [5, 5.41) is 0.430. The highest BCUT2D eigenvalue weighted by Gasteiger charge is 2.33. The van der Waals surface area contributed by atoms with Crippen molar-refractivity contribution in [2.45, 2.75) is 32.7 Å². The fourth-order valence-electron chi connectivity index (χ4n) is 3.13. The van der Waals surface area contributed by atoms with Crippen LogP contribution in [0.15, 0.2) is 29.4 Å². The number of aromatic nitrogens is 1. The van der Waals surface area contributed by atoms with Gasteiger partial charge in [0.05, 0.1) is 18.9 Å². The second kappa shape index (κ2) is 8.45. The van der Waals surface area contributed by atoms with Crippen LogP contribution in [-0.4, -0.2) is 49.7 Å². The van der Waals surface area contributed by atoms with Gasteiger partial charge in [-0.15, -0.1) is 11.3 Å². The first kappa shape index (κ1) is 23.0. The summed E-state index contributed by atoms with van der Waals surface area (Å²) in [6, 6.07) is 4.84. The molecule has 30 heavy (non-hydrogen) atoms. The number of nitrogens with zero attached hydrogens (tertiary/aromatic N) is 3. The van der Waals surface area contributed by atoms with Gasteiger partial charge in [-0.1, -0.05) is 32.4 Å². The quantitative estimate of drug-likeness (QED) is 0.670. The summed E-state index contributed by atoms with van der Waals surface area (Å²) in [5.41, 5.74) is 0.198. The van der Waals surface area contributed by atoms with Crippen molar-refractivity contribution < 1.29 is 17.9 Å². The Morgan fingerprint density at radius 2 is 2.00 bits per heavy atom. The van der Waals surface area contributed by atoms with E-state index < -0.39 is 15.9 Å². The van der Waals surface area contributed by atoms with E-state index >= 15 is 0 Å². The van der Waals surface area contributed by atoms with Crippen molar-refractivity contribution in [3.05, 3.63) is 44.7 Å². The summed E-state index contributed by atoms with van der Waals surface area (Å²) < 4.78 is 32.0. The van der Waals surface area contributed by atoms with E-state index in [1.807, 2.05) is 10.8 Å². The standard InChI is InChI=1S/C20H26ClN3O4S2/c1-20(2,3)17-12-23(9-13-10-24(11-13)30(5,26)27)19(29-17)22-18(25)15-8-14(21)6-7-16(15)28-4/h6-8,12-13H,9-11H2,1-5H3. The zero-order valence-corrected chi connectivity index (χ0v) is 20.1. The van der Waals surface area contributed by atoms with Crippen LogP contribution >= 0.6 is 22.9 Å². The molecule has 10 heteroatoms. The highest BCUT2D eigenvalue weighted by Crippen LogP contribution is 2.27. The topological polar surface area (TPSA) is 81.0 Å². The van der Waals surface area contributed by atoms with Gasteiger partial charge in [-0.3, -0.25) is 4.79 Å². The third-order valence-electron chi connectivity index (χ3n) is 4.90. The van der Waals surface area contributed by atoms with Crippen molar-refractivity contribution in [2.75, 3.05) is 26.5 Å². The largest absolute Gasteiger partial charge is 0.496 e.